The van der Waals surface area contributed by atoms with Crippen molar-refractivity contribution < 1.29 is 63.0 Å². The summed E-state index contributed by atoms with van der Waals surface area (Å²) in [5, 5.41) is 37.9. The van der Waals surface area contributed by atoms with Gasteiger partial charge in [0.05, 0.1) is 45.4 Å². The van der Waals surface area contributed by atoms with Crippen LogP contribution in [0.5, 0.6) is 0 Å². The van der Waals surface area contributed by atoms with Gasteiger partial charge in [-0.05, 0) is 38.5 Å². The lowest BCUT2D eigenvalue weighted by Gasteiger charge is -2.14. The SMILES string of the molecule is C=C(O)CCCCCCCCCCCCCCCCCCC(=O)NC(CCC(=O)NCCOCCOCC(=O)NCCOCCOCC(=O)NCCCCC(N)C(=O)O)C(=O)O. The number of allylic oxidation sites excluding steroid dienone is 1. The molecular weight excluding hydrogens is 807 g/mol. The molecule has 0 fully saturated rings. The minimum Gasteiger partial charge on any atom is -0.513 e. The molecule has 0 aliphatic carbocycles. The van der Waals surface area contributed by atoms with E-state index in [9.17, 15) is 33.9 Å². The molecule has 0 aliphatic rings. The van der Waals surface area contributed by atoms with Crippen molar-refractivity contribution in [2.24, 2.45) is 5.73 Å². The molecule has 0 spiro atoms. The number of aliphatic hydroxyl groups excluding tert-OH is 1. The number of carboxylic acid groups (broad SMARTS) is 2. The summed E-state index contributed by atoms with van der Waals surface area (Å²) in [4.78, 5) is 70.5. The number of ether oxygens (including phenoxy) is 4. The van der Waals surface area contributed by atoms with Gasteiger partial charge in [-0.3, -0.25) is 24.0 Å². The van der Waals surface area contributed by atoms with Gasteiger partial charge in [0.15, 0.2) is 0 Å². The zero-order valence-electron chi connectivity index (χ0n) is 37.4. The third kappa shape index (κ3) is 41.5. The number of nitrogens with two attached hydrogens (primary N) is 1. The predicted octanol–water partition coefficient (Wildman–Crippen LogP) is 4.43. The molecule has 0 aromatic heterocycles. The molecule has 0 bridgehead atoms. The van der Waals surface area contributed by atoms with E-state index in [1.807, 2.05) is 0 Å². The molecule has 4 amide bonds. The summed E-state index contributed by atoms with van der Waals surface area (Å²) < 4.78 is 21.2. The van der Waals surface area contributed by atoms with Crippen LogP contribution in [0.2, 0.25) is 0 Å². The van der Waals surface area contributed by atoms with Gasteiger partial charge >= 0.3 is 11.9 Å². The van der Waals surface area contributed by atoms with Gasteiger partial charge in [0.1, 0.15) is 25.3 Å². The highest BCUT2D eigenvalue weighted by molar-refractivity contribution is 5.84. The first-order chi connectivity index (χ1) is 29.9. The van der Waals surface area contributed by atoms with Crippen molar-refractivity contribution in [1.82, 2.24) is 21.3 Å². The largest absolute Gasteiger partial charge is 0.513 e. The average molecular weight is 888 g/mol. The van der Waals surface area contributed by atoms with Gasteiger partial charge in [-0.15, -0.1) is 0 Å². The molecule has 62 heavy (non-hydrogen) atoms. The summed E-state index contributed by atoms with van der Waals surface area (Å²) in [5.74, 6) is -3.21. The molecule has 18 heteroatoms. The smallest absolute Gasteiger partial charge is 0.326 e. The predicted molar refractivity (Wildman–Crippen MR) is 235 cm³/mol. The Balaban J connectivity index is 3.63. The first-order valence-electron chi connectivity index (χ1n) is 22.9. The van der Waals surface area contributed by atoms with Crippen molar-refractivity contribution in [2.75, 3.05) is 72.5 Å². The zero-order chi connectivity index (χ0) is 45.9. The van der Waals surface area contributed by atoms with Crippen molar-refractivity contribution >= 4 is 35.6 Å². The van der Waals surface area contributed by atoms with E-state index in [4.69, 9.17) is 34.9 Å². The third-order valence-electron chi connectivity index (χ3n) is 9.84. The van der Waals surface area contributed by atoms with Crippen molar-refractivity contribution in [2.45, 2.75) is 160 Å². The fourth-order valence-electron chi connectivity index (χ4n) is 6.21. The van der Waals surface area contributed by atoms with Crippen LogP contribution in [0.25, 0.3) is 0 Å². The number of hydrogen-bond donors (Lipinski definition) is 8. The Morgan fingerprint density at radius 3 is 1.31 bits per heavy atom. The van der Waals surface area contributed by atoms with Gasteiger partial charge in [0.25, 0.3) is 0 Å². The number of carboxylic acids is 2. The lowest BCUT2D eigenvalue weighted by molar-refractivity contribution is -0.142. The van der Waals surface area contributed by atoms with E-state index in [0.29, 0.717) is 38.0 Å². The molecule has 2 atom stereocenters. The average Bonchev–Trinajstić information content (AvgIpc) is 3.23. The van der Waals surface area contributed by atoms with E-state index < -0.39 is 24.0 Å². The number of hydrogen-bond acceptors (Lipinski definition) is 12. The van der Waals surface area contributed by atoms with E-state index >= 15 is 0 Å². The van der Waals surface area contributed by atoms with Crippen LogP contribution in [-0.2, 0) is 47.7 Å². The number of nitrogens with one attached hydrogen (secondary N) is 4. The van der Waals surface area contributed by atoms with Gasteiger partial charge in [0.2, 0.25) is 23.6 Å². The minimum absolute atomic E-state index is 0.0215. The fourth-order valence-corrected chi connectivity index (χ4v) is 6.21. The second-order valence-corrected chi connectivity index (χ2v) is 15.5. The van der Waals surface area contributed by atoms with E-state index in [1.165, 1.54) is 70.6 Å². The highest BCUT2D eigenvalue weighted by atomic mass is 16.5. The summed E-state index contributed by atoms with van der Waals surface area (Å²) in [6.07, 6.45) is 21.2. The number of aliphatic carboxylic acids is 2. The molecule has 0 saturated carbocycles. The highest BCUT2D eigenvalue weighted by Gasteiger charge is 2.21. The Hall–Kier alpha value is -3.84. The molecule has 0 radical (unpaired) electrons. The zero-order valence-corrected chi connectivity index (χ0v) is 37.4. The van der Waals surface area contributed by atoms with Crippen molar-refractivity contribution in [3.63, 3.8) is 0 Å². The van der Waals surface area contributed by atoms with Crippen LogP contribution in [0.1, 0.15) is 148 Å². The summed E-state index contributed by atoms with van der Waals surface area (Å²) in [6.45, 7) is 5.35. The molecule has 0 heterocycles. The van der Waals surface area contributed by atoms with Crippen LogP contribution in [-0.4, -0.2) is 135 Å². The molecule has 0 aromatic carbocycles. The topological polar surface area (TPSA) is 274 Å². The maximum absolute atomic E-state index is 12.3. The van der Waals surface area contributed by atoms with Crippen LogP contribution in [0.4, 0.5) is 0 Å². The number of amides is 4. The quantitative estimate of drug-likeness (QED) is 0.0311. The number of aliphatic hydroxyl groups is 1. The molecule has 0 aromatic rings. The molecule has 0 rings (SSSR count). The van der Waals surface area contributed by atoms with E-state index in [0.717, 1.165) is 32.1 Å². The Labute approximate surface area is 369 Å². The van der Waals surface area contributed by atoms with Crippen molar-refractivity contribution in [1.29, 1.82) is 0 Å². The van der Waals surface area contributed by atoms with Crippen molar-refractivity contribution in [3.8, 4) is 0 Å². The molecule has 0 aliphatic heterocycles. The second kappa shape index (κ2) is 42.5. The Kier molecular flexibility index (Phi) is 39.8. The fraction of sp³-hybridized carbons (Fsp3) is 0.818. The molecular formula is C44H81N5O13. The Morgan fingerprint density at radius 1 is 0.435 bits per heavy atom. The Morgan fingerprint density at radius 2 is 0.855 bits per heavy atom. The number of carbonyl (C=O) groups excluding carboxylic acids is 4. The van der Waals surface area contributed by atoms with Gasteiger partial charge < -0.3 is 61.3 Å². The lowest BCUT2D eigenvalue weighted by atomic mass is 10.0. The van der Waals surface area contributed by atoms with Crippen LogP contribution >= 0.6 is 0 Å². The van der Waals surface area contributed by atoms with E-state index in [2.05, 4.69) is 27.8 Å². The van der Waals surface area contributed by atoms with E-state index in [-0.39, 0.29) is 109 Å². The summed E-state index contributed by atoms with van der Waals surface area (Å²) in [7, 11) is 0. The molecule has 18 nitrogen and oxygen atoms in total. The Bertz CT molecular complexity index is 1210. The number of unbranched alkanes of at least 4 members (excludes halogenated alkanes) is 16. The number of carbonyl (C=O) groups is 6. The maximum Gasteiger partial charge on any atom is 0.326 e. The summed E-state index contributed by atoms with van der Waals surface area (Å²) in [5.41, 5.74) is 5.42. The molecule has 360 valence electrons. The van der Waals surface area contributed by atoms with Crippen LogP contribution < -0.4 is 27.0 Å². The first kappa shape index (κ1) is 58.2. The van der Waals surface area contributed by atoms with Crippen molar-refractivity contribution in [3.05, 3.63) is 12.3 Å². The standard InChI is InChI=1S/C44H81N5O13/c1-36(50)20-16-14-12-10-8-6-4-2-3-5-7-9-11-13-15-17-22-40(52)49-38(44(57)58)23-24-39(51)47-26-28-59-30-33-62-35-42(54)48-27-29-60-31-32-61-34-41(53)46-25-19-18-21-37(45)43(55)56/h37-38,50H,1-35,45H2,(H,46,53)(H,47,51)(H,48,54)(H,49,52)(H,55,56)(H,57,58). The van der Waals surface area contributed by atoms with Gasteiger partial charge in [-0.2, -0.15) is 0 Å². The third-order valence-corrected chi connectivity index (χ3v) is 9.84. The van der Waals surface area contributed by atoms with Crippen LogP contribution in [0.3, 0.4) is 0 Å². The van der Waals surface area contributed by atoms with Crippen LogP contribution in [0, 0.1) is 0 Å². The van der Waals surface area contributed by atoms with E-state index in [1.54, 1.807) is 0 Å². The normalized spacial score (nSPS) is 12.0. The molecule has 0 saturated heterocycles. The monoisotopic (exact) mass is 888 g/mol. The minimum atomic E-state index is -1.18. The highest BCUT2D eigenvalue weighted by Crippen LogP contribution is 2.15. The van der Waals surface area contributed by atoms with Gasteiger partial charge in [-0.1, -0.05) is 96.5 Å². The van der Waals surface area contributed by atoms with Gasteiger partial charge in [-0.25, -0.2) is 4.79 Å². The summed E-state index contributed by atoms with van der Waals surface area (Å²) in [6, 6.07) is -2.03. The number of rotatable bonds is 46. The lowest BCUT2D eigenvalue weighted by Crippen LogP contribution is -2.41. The molecule has 2 unspecified atom stereocenters. The maximum atomic E-state index is 12.3. The van der Waals surface area contributed by atoms with Gasteiger partial charge in [0, 0.05) is 38.9 Å². The second-order valence-electron chi connectivity index (χ2n) is 15.5. The molecule has 9 N–H and O–H groups in total. The van der Waals surface area contributed by atoms with Crippen LogP contribution in [0.15, 0.2) is 12.3 Å². The first-order valence-corrected chi connectivity index (χ1v) is 22.9. The summed E-state index contributed by atoms with van der Waals surface area (Å²) >= 11 is 0.